The predicted molar refractivity (Wildman–Crippen MR) is 108 cm³/mol. The van der Waals surface area contributed by atoms with Crippen LogP contribution in [0.4, 0.5) is 23.1 Å². The lowest BCUT2D eigenvalue weighted by Crippen LogP contribution is -2.25. The minimum Gasteiger partial charge on any atom is -0.324 e. The number of nitrogens with zero attached hydrogens (tertiary/aromatic N) is 3. The fraction of sp³-hybridized carbons (Fsp3) is 0.273. The molecule has 0 aliphatic carbocycles. The summed E-state index contributed by atoms with van der Waals surface area (Å²) in [4.78, 5) is 11.8. The van der Waals surface area contributed by atoms with Crippen LogP contribution < -0.4 is 10.2 Å². The zero-order valence-electron chi connectivity index (χ0n) is 15.7. The standard InChI is InChI=1S/C22H24N4/c1-14-8-7-10-19(17(14)4)24-22-23-15(2)12-21(25-22)26-16(3)13-18-9-5-6-11-20(18)26/h5-12,16H,13H2,1-4H3,(H,23,24,25). The number of nitrogens with one attached hydrogen (secondary N) is 1. The van der Waals surface area contributed by atoms with E-state index >= 15 is 0 Å². The first-order valence-electron chi connectivity index (χ1n) is 9.09. The molecule has 1 atom stereocenters. The fourth-order valence-corrected chi connectivity index (χ4v) is 3.65. The minimum atomic E-state index is 0.384. The van der Waals surface area contributed by atoms with Crippen molar-refractivity contribution in [3.8, 4) is 0 Å². The van der Waals surface area contributed by atoms with Crippen molar-refractivity contribution in [3.05, 3.63) is 70.9 Å². The number of benzene rings is 2. The largest absolute Gasteiger partial charge is 0.324 e. The zero-order chi connectivity index (χ0) is 18.3. The fourth-order valence-electron chi connectivity index (χ4n) is 3.65. The second-order valence-corrected chi connectivity index (χ2v) is 7.12. The Hall–Kier alpha value is -2.88. The van der Waals surface area contributed by atoms with Crippen molar-refractivity contribution in [2.24, 2.45) is 0 Å². The average Bonchev–Trinajstić information content (AvgIpc) is 2.94. The Bertz CT molecular complexity index is 964. The summed E-state index contributed by atoms with van der Waals surface area (Å²) in [6.07, 6.45) is 1.04. The molecule has 1 aromatic heterocycles. The summed E-state index contributed by atoms with van der Waals surface area (Å²) in [6, 6.07) is 17.3. The van der Waals surface area contributed by atoms with E-state index in [2.05, 4.69) is 84.5 Å². The van der Waals surface area contributed by atoms with Crippen LogP contribution in [0, 0.1) is 20.8 Å². The van der Waals surface area contributed by atoms with Gasteiger partial charge in [-0.3, -0.25) is 0 Å². The summed E-state index contributed by atoms with van der Waals surface area (Å²) in [6.45, 7) is 8.50. The molecule has 0 radical (unpaired) electrons. The normalized spacial score (nSPS) is 15.8. The number of anilines is 4. The summed E-state index contributed by atoms with van der Waals surface area (Å²) in [5.41, 5.74) is 7.11. The molecular weight excluding hydrogens is 320 g/mol. The molecule has 0 bridgehead atoms. The van der Waals surface area contributed by atoms with Gasteiger partial charge in [0.05, 0.1) is 0 Å². The van der Waals surface area contributed by atoms with Gasteiger partial charge in [-0.2, -0.15) is 4.98 Å². The predicted octanol–water partition coefficient (Wildman–Crippen LogP) is 5.23. The molecule has 4 rings (SSSR count). The molecule has 1 N–H and O–H groups in total. The number of aromatic nitrogens is 2. The summed E-state index contributed by atoms with van der Waals surface area (Å²) in [5, 5.41) is 3.41. The highest BCUT2D eigenvalue weighted by molar-refractivity contribution is 5.70. The van der Waals surface area contributed by atoms with Gasteiger partial charge in [-0.25, -0.2) is 4.98 Å². The van der Waals surface area contributed by atoms with Crippen LogP contribution >= 0.6 is 0 Å². The van der Waals surface area contributed by atoms with Gasteiger partial charge in [0.25, 0.3) is 0 Å². The molecule has 2 aromatic carbocycles. The molecule has 26 heavy (non-hydrogen) atoms. The first-order chi connectivity index (χ1) is 12.5. The second kappa shape index (κ2) is 6.45. The van der Waals surface area contributed by atoms with Crippen LogP contribution in [0.25, 0.3) is 0 Å². The third-order valence-corrected chi connectivity index (χ3v) is 5.15. The van der Waals surface area contributed by atoms with E-state index in [1.54, 1.807) is 0 Å². The molecule has 132 valence electrons. The topological polar surface area (TPSA) is 41.1 Å². The number of rotatable bonds is 3. The molecule has 2 heterocycles. The van der Waals surface area contributed by atoms with Gasteiger partial charge in [0, 0.05) is 29.2 Å². The maximum Gasteiger partial charge on any atom is 0.229 e. The third-order valence-electron chi connectivity index (χ3n) is 5.15. The van der Waals surface area contributed by atoms with Crippen LogP contribution in [0.15, 0.2) is 48.5 Å². The van der Waals surface area contributed by atoms with Gasteiger partial charge in [-0.15, -0.1) is 0 Å². The lowest BCUT2D eigenvalue weighted by Gasteiger charge is -2.24. The molecular formula is C22H24N4. The van der Waals surface area contributed by atoms with Crippen molar-refractivity contribution >= 4 is 23.1 Å². The smallest absolute Gasteiger partial charge is 0.229 e. The van der Waals surface area contributed by atoms with E-state index in [0.29, 0.717) is 12.0 Å². The van der Waals surface area contributed by atoms with E-state index in [9.17, 15) is 0 Å². The summed E-state index contributed by atoms with van der Waals surface area (Å²) in [5.74, 6) is 1.59. The Morgan fingerprint density at radius 3 is 2.65 bits per heavy atom. The molecule has 4 heteroatoms. The molecule has 3 aromatic rings. The number of hydrogen-bond donors (Lipinski definition) is 1. The van der Waals surface area contributed by atoms with Crippen molar-refractivity contribution in [2.45, 2.75) is 40.2 Å². The molecule has 0 spiro atoms. The Kier molecular flexibility index (Phi) is 4.11. The van der Waals surface area contributed by atoms with Gasteiger partial charge in [-0.05, 0) is 62.9 Å². The van der Waals surface area contributed by atoms with E-state index in [1.165, 1.54) is 22.4 Å². The summed E-state index contributed by atoms with van der Waals surface area (Å²) < 4.78 is 0. The second-order valence-electron chi connectivity index (χ2n) is 7.12. The van der Waals surface area contributed by atoms with Crippen LogP contribution in [-0.2, 0) is 6.42 Å². The van der Waals surface area contributed by atoms with Crippen molar-refractivity contribution in [2.75, 3.05) is 10.2 Å². The first kappa shape index (κ1) is 16.6. The van der Waals surface area contributed by atoms with Crippen LogP contribution in [0.3, 0.4) is 0 Å². The maximum atomic E-state index is 4.83. The Balaban J connectivity index is 1.72. The maximum absolute atomic E-state index is 4.83. The molecule has 0 amide bonds. The Morgan fingerprint density at radius 2 is 1.81 bits per heavy atom. The van der Waals surface area contributed by atoms with Gasteiger partial charge >= 0.3 is 0 Å². The average molecular weight is 344 g/mol. The summed E-state index contributed by atoms with van der Waals surface area (Å²) in [7, 11) is 0. The lowest BCUT2D eigenvalue weighted by molar-refractivity contribution is 0.749. The highest BCUT2D eigenvalue weighted by atomic mass is 15.3. The molecule has 0 fully saturated rings. The van der Waals surface area contributed by atoms with Gasteiger partial charge in [0.1, 0.15) is 5.82 Å². The van der Waals surface area contributed by atoms with Crippen molar-refractivity contribution in [1.29, 1.82) is 0 Å². The molecule has 0 saturated carbocycles. The van der Waals surface area contributed by atoms with Crippen molar-refractivity contribution in [1.82, 2.24) is 9.97 Å². The van der Waals surface area contributed by atoms with Gasteiger partial charge in [0.15, 0.2) is 0 Å². The van der Waals surface area contributed by atoms with Gasteiger partial charge in [-0.1, -0.05) is 30.3 Å². The van der Waals surface area contributed by atoms with Crippen molar-refractivity contribution < 1.29 is 0 Å². The number of fused-ring (bicyclic) bond motifs is 1. The Labute approximate surface area is 154 Å². The lowest BCUT2D eigenvalue weighted by atomic mass is 10.1. The first-order valence-corrected chi connectivity index (χ1v) is 9.09. The van der Waals surface area contributed by atoms with E-state index in [4.69, 9.17) is 4.98 Å². The number of hydrogen-bond acceptors (Lipinski definition) is 4. The van der Waals surface area contributed by atoms with Gasteiger partial charge in [0.2, 0.25) is 5.95 Å². The molecule has 1 aliphatic rings. The van der Waals surface area contributed by atoms with E-state index < -0.39 is 0 Å². The number of para-hydroxylation sites is 1. The third kappa shape index (κ3) is 2.92. The van der Waals surface area contributed by atoms with Crippen LogP contribution in [0.5, 0.6) is 0 Å². The van der Waals surface area contributed by atoms with Gasteiger partial charge < -0.3 is 10.2 Å². The highest BCUT2D eigenvalue weighted by Gasteiger charge is 2.28. The zero-order valence-corrected chi connectivity index (χ0v) is 15.7. The SMILES string of the molecule is Cc1cc(N2c3ccccc3CC2C)nc(Nc2cccc(C)c2C)n1. The minimum absolute atomic E-state index is 0.384. The number of aryl methyl sites for hydroxylation is 2. The molecule has 0 saturated heterocycles. The van der Waals surface area contributed by atoms with E-state index in [1.807, 2.05) is 6.92 Å². The molecule has 1 unspecified atom stereocenters. The summed E-state index contributed by atoms with van der Waals surface area (Å²) >= 11 is 0. The van der Waals surface area contributed by atoms with E-state index in [-0.39, 0.29) is 0 Å². The van der Waals surface area contributed by atoms with E-state index in [0.717, 1.165) is 23.6 Å². The molecule has 1 aliphatic heterocycles. The molecule has 4 nitrogen and oxygen atoms in total. The monoisotopic (exact) mass is 344 g/mol. The quantitative estimate of drug-likeness (QED) is 0.706. The van der Waals surface area contributed by atoms with Crippen molar-refractivity contribution in [3.63, 3.8) is 0 Å². The van der Waals surface area contributed by atoms with Crippen LogP contribution in [0.1, 0.15) is 29.3 Å². The van der Waals surface area contributed by atoms with Crippen LogP contribution in [0.2, 0.25) is 0 Å². The highest BCUT2D eigenvalue weighted by Crippen LogP contribution is 2.37. The Morgan fingerprint density at radius 1 is 1.00 bits per heavy atom. The van der Waals surface area contributed by atoms with Crippen LogP contribution in [-0.4, -0.2) is 16.0 Å².